The topological polar surface area (TPSA) is 97.0 Å². The summed E-state index contributed by atoms with van der Waals surface area (Å²) in [6.07, 6.45) is -24.0. The molecule has 8 nitrogen and oxygen atoms in total. The third-order valence-electron chi connectivity index (χ3n) is 5.86. The molecule has 0 fully saturated rings. The van der Waals surface area contributed by atoms with Gasteiger partial charge in [0.2, 0.25) is 5.91 Å². The van der Waals surface area contributed by atoms with E-state index < -0.39 is 54.1 Å². The molecule has 0 aliphatic rings. The second-order valence-corrected chi connectivity index (χ2v) is 9.71. The molecule has 0 aliphatic carbocycles. The number of nitrogens with one attached hydrogen (secondary N) is 2. The highest BCUT2D eigenvalue weighted by molar-refractivity contribution is 6.16. The Balaban J connectivity index is 2.35. The minimum absolute atomic E-state index is 0.0785. The number of amides is 3. The standard InChI is InChI=1S/C27H27F10N3O5/c1-6-40(15(5)41)19-9-7-8-17(20(19)22(43)38-13(2)3)21(42)39-18-11-10-16(12-14(18)4)44-24(29,30)23(28)45-27(36,37)25(31,32)26(33,34)35/h7-13,23H,6H2,1-5H3,(H,38,43)(H,39,42). The summed E-state index contributed by atoms with van der Waals surface area (Å²) in [7, 11) is 0. The normalized spacial score (nSPS) is 13.3. The minimum atomic E-state index is -7.02. The van der Waals surface area contributed by atoms with E-state index in [9.17, 15) is 58.3 Å². The first-order valence-electron chi connectivity index (χ1n) is 12.8. The zero-order valence-corrected chi connectivity index (χ0v) is 24.1. The number of hydrogen-bond acceptors (Lipinski definition) is 5. The highest BCUT2D eigenvalue weighted by Crippen LogP contribution is 2.48. The van der Waals surface area contributed by atoms with E-state index in [4.69, 9.17) is 0 Å². The molecule has 0 spiro atoms. The van der Waals surface area contributed by atoms with E-state index >= 15 is 0 Å². The molecular formula is C27H27F10N3O5. The van der Waals surface area contributed by atoms with Gasteiger partial charge in [-0.2, -0.15) is 39.5 Å². The maximum Gasteiger partial charge on any atom is 0.462 e. The molecule has 0 aliphatic heterocycles. The van der Waals surface area contributed by atoms with Crippen molar-refractivity contribution >= 4 is 29.1 Å². The van der Waals surface area contributed by atoms with Crippen LogP contribution in [0.5, 0.6) is 5.75 Å². The molecule has 0 saturated heterocycles. The van der Waals surface area contributed by atoms with Crippen LogP contribution in [0, 0.1) is 6.92 Å². The molecule has 0 saturated carbocycles. The van der Waals surface area contributed by atoms with Crippen molar-refractivity contribution in [3.8, 4) is 5.75 Å². The summed E-state index contributed by atoms with van der Waals surface area (Å²) in [5, 5.41) is 5.04. The maximum absolute atomic E-state index is 14.1. The largest absolute Gasteiger partial charge is 0.462 e. The zero-order chi connectivity index (χ0) is 34.7. The van der Waals surface area contributed by atoms with Crippen LogP contribution in [0.3, 0.4) is 0 Å². The molecule has 2 aromatic rings. The number of halogens is 10. The van der Waals surface area contributed by atoms with Crippen LogP contribution in [0.15, 0.2) is 36.4 Å². The van der Waals surface area contributed by atoms with Crippen molar-refractivity contribution in [2.24, 2.45) is 0 Å². The lowest BCUT2D eigenvalue weighted by molar-refractivity contribution is -0.460. The summed E-state index contributed by atoms with van der Waals surface area (Å²) < 4.78 is 137. The number of carbonyl (C=O) groups excluding carboxylic acids is 3. The van der Waals surface area contributed by atoms with Gasteiger partial charge in [0.05, 0.1) is 16.8 Å². The highest BCUT2D eigenvalue weighted by atomic mass is 19.4. The van der Waals surface area contributed by atoms with Crippen molar-refractivity contribution in [3.63, 3.8) is 0 Å². The number of benzene rings is 2. The van der Waals surface area contributed by atoms with Crippen LogP contribution in [-0.4, -0.2) is 61.0 Å². The number of anilines is 2. The Hall–Kier alpha value is -4.09. The number of aryl methyl sites for hydroxylation is 1. The van der Waals surface area contributed by atoms with Crippen molar-refractivity contribution in [1.82, 2.24) is 5.32 Å². The van der Waals surface area contributed by atoms with Gasteiger partial charge < -0.3 is 20.3 Å². The molecule has 0 bridgehead atoms. The van der Waals surface area contributed by atoms with Crippen LogP contribution >= 0.6 is 0 Å². The molecule has 18 heteroatoms. The lowest BCUT2D eigenvalue weighted by Crippen LogP contribution is -2.56. The van der Waals surface area contributed by atoms with Crippen molar-refractivity contribution in [3.05, 3.63) is 53.1 Å². The van der Waals surface area contributed by atoms with E-state index in [-0.39, 0.29) is 40.7 Å². The molecule has 45 heavy (non-hydrogen) atoms. The van der Waals surface area contributed by atoms with Gasteiger partial charge in [0.1, 0.15) is 5.75 Å². The number of ether oxygens (including phenoxy) is 2. The number of alkyl halides is 10. The van der Waals surface area contributed by atoms with Gasteiger partial charge in [-0.15, -0.1) is 0 Å². The molecule has 0 heterocycles. The van der Waals surface area contributed by atoms with Gasteiger partial charge in [-0.05, 0) is 63.6 Å². The van der Waals surface area contributed by atoms with Gasteiger partial charge in [-0.1, -0.05) is 6.07 Å². The van der Waals surface area contributed by atoms with E-state index in [1.807, 2.05) is 0 Å². The van der Waals surface area contributed by atoms with Crippen LogP contribution in [0.25, 0.3) is 0 Å². The van der Waals surface area contributed by atoms with Gasteiger partial charge in [-0.3, -0.25) is 19.1 Å². The molecule has 0 aromatic heterocycles. The summed E-state index contributed by atoms with van der Waals surface area (Å²) in [6, 6.07) is 6.04. The number of rotatable bonds is 12. The van der Waals surface area contributed by atoms with Crippen LogP contribution < -0.4 is 20.3 Å². The third-order valence-corrected chi connectivity index (χ3v) is 5.86. The van der Waals surface area contributed by atoms with Crippen LogP contribution in [0.2, 0.25) is 0 Å². The van der Waals surface area contributed by atoms with E-state index in [1.165, 1.54) is 36.9 Å². The van der Waals surface area contributed by atoms with Gasteiger partial charge in [-0.25, -0.2) is 4.39 Å². The third kappa shape index (κ3) is 8.34. The SMILES string of the molecule is CCN(C(C)=O)c1cccc(C(=O)Nc2ccc(OC(F)(F)C(F)OC(F)(F)C(F)(F)C(F)(F)F)cc2C)c1C(=O)NC(C)C. The first-order valence-corrected chi connectivity index (χ1v) is 12.8. The van der Waals surface area contributed by atoms with E-state index in [1.54, 1.807) is 20.8 Å². The first-order chi connectivity index (χ1) is 20.5. The molecule has 1 unspecified atom stereocenters. The Kier molecular flexibility index (Phi) is 11.1. The fourth-order valence-electron chi connectivity index (χ4n) is 3.76. The van der Waals surface area contributed by atoms with E-state index in [2.05, 4.69) is 20.1 Å². The Morgan fingerprint density at radius 1 is 0.933 bits per heavy atom. The molecule has 1 atom stereocenters. The van der Waals surface area contributed by atoms with Crippen molar-refractivity contribution in [1.29, 1.82) is 0 Å². The Morgan fingerprint density at radius 3 is 2.02 bits per heavy atom. The van der Waals surface area contributed by atoms with Crippen LogP contribution in [0.1, 0.15) is 54.0 Å². The molecule has 2 aromatic carbocycles. The summed E-state index contributed by atoms with van der Waals surface area (Å²) in [5.74, 6) is -10.1. The quantitative estimate of drug-likeness (QED) is 0.243. The molecule has 2 rings (SSSR count). The predicted octanol–water partition coefficient (Wildman–Crippen LogP) is 6.83. The van der Waals surface area contributed by atoms with Crippen molar-refractivity contribution in [2.75, 3.05) is 16.8 Å². The fourth-order valence-corrected chi connectivity index (χ4v) is 3.76. The summed E-state index contributed by atoms with van der Waals surface area (Å²) in [5.41, 5.74) is -0.435. The smallest absolute Gasteiger partial charge is 0.429 e. The molecule has 3 amide bonds. The maximum atomic E-state index is 14.1. The Bertz CT molecular complexity index is 1420. The van der Waals surface area contributed by atoms with Crippen LogP contribution in [0.4, 0.5) is 55.3 Å². The van der Waals surface area contributed by atoms with Crippen molar-refractivity contribution < 1.29 is 67.8 Å². The second-order valence-electron chi connectivity index (χ2n) is 9.71. The molecular weight excluding hydrogens is 636 g/mol. The number of hydrogen-bond donors (Lipinski definition) is 2. The first kappa shape index (κ1) is 37.1. The van der Waals surface area contributed by atoms with Crippen LogP contribution in [-0.2, 0) is 9.53 Å². The lowest BCUT2D eigenvalue weighted by atomic mass is 10.0. The molecule has 250 valence electrons. The molecule has 0 radical (unpaired) electrons. The van der Waals surface area contributed by atoms with Gasteiger partial charge in [0, 0.05) is 25.2 Å². The average molecular weight is 664 g/mol. The van der Waals surface area contributed by atoms with E-state index in [0.29, 0.717) is 6.07 Å². The lowest BCUT2D eigenvalue weighted by Gasteiger charge is -2.30. The van der Waals surface area contributed by atoms with E-state index in [0.717, 1.165) is 12.1 Å². The Labute approximate surface area is 249 Å². The average Bonchev–Trinajstić information content (AvgIpc) is 2.88. The molecule has 2 N–H and O–H groups in total. The zero-order valence-electron chi connectivity index (χ0n) is 24.1. The minimum Gasteiger partial charge on any atom is -0.429 e. The summed E-state index contributed by atoms with van der Waals surface area (Å²) >= 11 is 0. The van der Waals surface area contributed by atoms with Gasteiger partial charge >= 0.3 is 30.7 Å². The monoisotopic (exact) mass is 663 g/mol. The number of nitrogens with zero attached hydrogens (tertiary/aromatic N) is 1. The number of carbonyl (C=O) groups is 3. The van der Waals surface area contributed by atoms with Gasteiger partial charge in [0.25, 0.3) is 11.8 Å². The van der Waals surface area contributed by atoms with Gasteiger partial charge in [0.15, 0.2) is 0 Å². The predicted molar refractivity (Wildman–Crippen MR) is 139 cm³/mol. The highest BCUT2D eigenvalue weighted by Gasteiger charge is 2.76. The summed E-state index contributed by atoms with van der Waals surface area (Å²) in [4.78, 5) is 39.8. The Morgan fingerprint density at radius 2 is 1.53 bits per heavy atom. The summed E-state index contributed by atoms with van der Waals surface area (Å²) in [6.45, 7) is 7.53. The van der Waals surface area contributed by atoms with Crippen molar-refractivity contribution in [2.45, 2.75) is 71.3 Å². The second kappa shape index (κ2) is 13.5. The fraction of sp³-hybridized carbons (Fsp3) is 0.444.